The number of aryl methyl sites for hydroxylation is 1. The maximum Gasteiger partial charge on any atom is 0.410 e. The van der Waals surface area contributed by atoms with Gasteiger partial charge in [-0.3, -0.25) is 0 Å². The van der Waals surface area contributed by atoms with Gasteiger partial charge < -0.3 is 14.7 Å². The van der Waals surface area contributed by atoms with Crippen LogP contribution in [-0.4, -0.2) is 40.9 Å². The largest absolute Gasteiger partial charge is 0.444 e. The van der Waals surface area contributed by atoms with Gasteiger partial charge >= 0.3 is 6.09 Å². The van der Waals surface area contributed by atoms with Gasteiger partial charge in [0.2, 0.25) is 0 Å². The molecule has 4 heteroatoms. The lowest BCUT2D eigenvalue weighted by Gasteiger charge is -2.37. The maximum absolute atomic E-state index is 12.2. The number of nitrogens with zero attached hydrogens (tertiary/aromatic N) is 1. The summed E-state index contributed by atoms with van der Waals surface area (Å²) in [5, 5.41) is 10.3. The van der Waals surface area contributed by atoms with Crippen molar-refractivity contribution in [1.29, 1.82) is 0 Å². The Hall–Kier alpha value is -1.55. The number of carbonyl (C=O) groups excluding carboxylic acids is 1. The van der Waals surface area contributed by atoms with Crippen molar-refractivity contribution in [2.45, 2.75) is 51.7 Å². The van der Waals surface area contributed by atoms with Crippen LogP contribution in [0.1, 0.15) is 44.2 Å². The van der Waals surface area contributed by atoms with Crippen LogP contribution in [0.2, 0.25) is 0 Å². The molecule has 0 unspecified atom stereocenters. The van der Waals surface area contributed by atoms with Gasteiger partial charge in [-0.05, 0) is 45.2 Å². The average Bonchev–Trinajstić information content (AvgIpc) is 2.38. The first-order valence-electron chi connectivity index (χ1n) is 7.49. The molecule has 1 saturated heterocycles. The van der Waals surface area contributed by atoms with Gasteiger partial charge in [0, 0.05) is 19.0 Å². The second-order valence-corrected chi connectivity index (χ2v) is 6.75. The van der Waals surface area contributed by atoms with Crippen molar-refractivity contribution in [1.82, 2.24) is 4.90 Å². The fourth-order valence-electron chi connectivity index (χ4n) is 2.74. The van der Waals surface area contributed by atoms with E-state index in [1.165, 1.54) is 0 Å². The summed E-state index contributed by atoms with van der Waals surface area (Å²) in [5.74, 6) is -0.0486. The number of rotatable bonds is 1. The average molecular weight is 291 g/mol. The summed E-state index contributed by atoms with van der Waals surface area (Å²) < 4.78 is 5.43. The van der Waals surface area contributed by atoms with E-state index in [9.17, 15) is 9.90 Å². The molecule has 1 amide bonds. The topological polar surface area (TPSA) is 49.8 Å². The molecule has 1 N–H and O–H groups in total. The molecule has 0 bridgehead atoms. The third-order valence-corrected chi connectivity index (χ3v) is 3.82. The van der Waals surface area contributed by atoms with Gasteiger partial charge in [0.05, 0.1) is 6.10 Å². The van der Waals surface area contributed by atoms with E-state index in [1.807, 2.05) is 52.0 Å². The Bertz CT molecular complexity index is 507. The van der Waals surface area contributed by atoms with E-state index in [1.54, 1.807) is 4.90 Å². The minimum atomic E-state index is -0.495. The van der Waals surface area contributed by atoms with Gasteiger partial charge in [-0.2, -0.15) is 0 Å². The Labute approximate surface area is 126 Å². The first-order valence-corrected chi connectivity index (χ1v) is 7.49. The highest BCUT2D eigenvalue weighted by Gasteiger charge is 2.33. The minimum Gasteiger partial charge on any atom is -0.444 e. The van der Waals surface area contributed by atoms with Gasteiger partial charge in [-0.25, -0.2) is 4.79 Å². The van der Waals surface area contributed by atoms with Crippen molar-refractivity contribution in [3.63, 3.8) is 0 Å². The van der Waals surface area contributed by atoms with Crippen molar-refractivity contribution in [3.05, 3.63) is 35.4 Å². The van der Waals surface area contributed by atoms with E-state index in [2.05, 4.69) is 0 Å². The predicted octanol–water partition coefficient (Wildman–Crippen LogP) is 3.08. The summed E-state index contributed by atoms with van der Waals surface area (Å²) in [4.78, 5) is 13.9. The summed E-state index contributed by atoms with van der Waals surface area (Å²) in [7, 11) is 0. The Kier molecular flexibility index (Phi) is 4.57. The van der Waals surface area contributed by atoms with Crippen LogP contribution in [0.3, 0.4) is 0 Å². The molecule has 2 atom stereocenters. The van der Waals surface area contributed by atoms with E-state index in [-0.39, 0.29) is 12.0 Å². The van der Waals surface area contributed by atoms with Gasteiger partial charge in [0.15, 0.2) is 0 Å². The second kappa shape index (κ2) is 6.06. The number of aliphatic hydroxyl groups is 1. The quantitative estimate of drug-likeness (QED) is 0.865. The zero-order valence-corrected chi connectivity index (χ0v) is 13.3. The molecule has 0 aliphatic carbocycles. The standard InChI is InChI=1S/C17H25NO3/c1-12-7-5-6-8-13(12)14-11-18(10-9-15(14)19)16(20)21-17(2,3)4/h5-8,14-15,19H,9-11H2,1-4H3/t14-,15-/m0/s1. The highest BCUT2D eigenvalue weighted by molar-refractivity contribution is 5.68. The second-order valence-electron chi connectivity index (χ2n) is 6.75. The lowest BCUT2D eigenvalue weighted by molar-refractivity contribution is 0.00400. The van der Waals surface area contributed by atoms with Crippen molar-refractivity contribution in [2.24, 2.45) is 0 Å². The van der Waals surface area contributed by atoms with E-state index < -0.39 is 11.7 Å². The first-order chi connectivity index (χ1) is 9.78. The molecule has 116 valence electrons. The molecular weight excluding hydrogens is 266 g/mol. The predicted molar refractivity (Wildman–Crippen MR) is 82.4 cm³/mol. The van der Waals surface area contributed by atoms with Crippen molar-refractivity contribution in [3.8, 4) is 0 Å². The van der Waals surface area contributed by atoms with Crippen molar-refractivity contribution < 1.29 is 14.6 Å². The van der Waals surface area contributed by atoms with Crippen LogP contribution >= 0.6 is 0 Å². The summed E-state index contributed by atoms with van der Waals surface area (Å²) in [6.45, 7) is 8.67. The normalized spacial score (nSPS) is 23.0. The van der Waals surface area contributed by atoms with Crippen LogP contribution in [-0.2, 0) is 4.74 Å². The highest BCUT2D eigenvalue weighted by Crippen LogP contribution is 2.30. The molecule has 1 heterocycles. The van der Waals surface area contributed by atoms with Gasteiger partial charge in [0.1, 0.15) is 5.60 Å². The van der Waals surface area contributed by atoms with Crippen LogP contribution in [0.4, 0.5) is 4.79 Å². The molecule has 1 aromatic rings. The Morgan fingerprint density at radius 1 is 1.33 bits per heavy atom. The molecule has 21 heavy (non-hydrogen) atoms. The molecule has 0 radical (unpaired) electrons. The number of hydrogen-bond donors (Lipinski definition) is 1. The smallest absolute Gasteiger partial charge is 0.410 e. The summed E-state index contributed by atoms with van der Waals surface area (Å²) in [6.07, 6.45) is -0.129. The summed E-state index contributed by atoms with van der Waals surface area (Å²) in [6, 6.07) is 8.03. The number of piperidine rings is 1. The molecule has 1 aromatic carbocycles. The number of aliphatic hydroxyl groups excluding tert-OH is 1. The minimum absolute atomic E-state index is 0.0486. The van der Waals surface area contributed by atoms with E-state index in [0.717, 1.165) is 11.1 Å². The van der Waals surface area contributed by atoms with Crippen LogP contribution < -0.4 is 0 Å². The lowest BCUT2D eigenvalue weighted by atomic mass is 9.86. The molecule has 1 fully saturated rings. The third kappa shape index (κ3) is 3.97. The fourth-order valence-corrected chi connectivity index (χ4v) is 2.74. The van der Waals surface area contributed by atoms with Crippen LogP contribution in [0.25, 0.3) is 0 Å². The van der Waals surface area contributed by atoms with Crippen molar-refractivity contribution >= 4 is 6.09 Å². The van der Waals surface area contributed by atoms with Gasteiger partial charge in [0.25, 0.3) is 0 Å². The molecule has 0 spiro atoms. The van der Waals surface area contributed by atoms with Gasteiger partial charge in [-0.15, -0.1) is 0 Å². The van der Waals surface area contributed by atoms with Crippen molar-refractivity contribution in [2.75, 3.05) is 13.1 Å². The summed E-state index contributed by atoms with van der Waals surface area (Å²) >= 11 is 0. The molecule has 0 aromatic heterocycles. The zero-order valence-electron chi connectivity index (χ0n) is 13.3. The number of likely N-dealkylation sites (tertiary alicyclic amines) is 1. The number of benzene rings is 1. The molecular formula is C17H25NO3. The summed E-state index contributed by atoms with van der Waals surface area (Å²) in [5.41, 5.74) is 1.76. The first kappa shape index (κ1) is 15.8. The number of carbonyl (C=O) groups is 1. The van der Waals surface area contributed by atoms with Gasteiger partial charge in [-0.1, -0.05) is 24.3 Å². The van der Waals surface area contributed by atoms with E-state index in [0.29, 0.717) is 19.5 Å². The third-order valence-electron chi connectivity index (χ3n) is 3.82. The zero-order chi connectivity index (χ0) is 15.6. The molecule has 1 aliphatic rings. The Morgan fingerprint density at radius 3 is 2.62 bits per heavy atom. The Morgan fingerprint density at radius 2 is 2.00 bits per heavy atom. The molecule has 4 nitrogen and oxygen atoms in total. The van der Waals surface area contributed by atoms with E-state index in [4.69, 9.17) is 4.74 Å². The number of ether oxygens (including phenoxy) is 1. The van der Waals surface area contributed by atoms with E-state index >= 15 is 0 Å². The van der Waals surface area contributed by atoms with Crippen LogP contribution in [0, 0.1) is 6.92 Å². The number of amides is 1. The maximum atomic E-state index is 12.2. The molecule has 0 saturated carbocycles. The fraction of sp³-hybridized carbons (Fsp3) is 0.588. The SMILES string of the molecule is Cc1ccccc1[C@@H]1CN(C(=O)OC(C)(C)C)CC[C@@H]1O. The Balaban J connectivity index is 2.13. The highest BCUT2D eigenvalue weighted by atomic mass is 16.6. The lowest BCUT2D eigenvalue weighted by Crippen LogP contribution is -2.46. The van der Waals surface area contributed by atoms with Crippen LogP contribution in [0.15, 0.2) is 24.3 Å². The van der Waals surface area contributed by atoms with Crippen LogP contribution in [0.5, 0.6) is 0 Å². The molecule has 2 rings (SSSR count). The number of hydrogen-bond acceptors (Lipinski definition) is 3. The molecule has 1 aliphatic heterocycles. The monoisotopic (exact) mass is 291 g/mol.